The number of rotatable bonds is 6. The van der Waals surface area contributed by atoms with Crippen LogP contribution in [-0.2, 0) is 11.3 Å². The molecule has 0 aliphatic heterocycles. The number of aromatic nitrogens is 2. The molecule has 2 aromatic rings. The maximum Gasteiger partial charge on any atom is 0.142 e. The molecule has 102 valence electrons. The van der Waals surface area contributed by atoms with Gasteiger partial charge in [-0.1, -0.05) is 12.1 Å². The summed E-state index contributed by atoms with van der Waals surface area (Å²) in [4.78, 5) is 4.16. The van der Waals surface area contributed by atoms with Crippen LogP contribution in [0, 0.1) is 5.82 Å². The van der Waals surface area contributed by atoms with Gasteiger partial charge >= 0.3 is 0 Å². The third kappa shape index (κ3) is 3.39. The van der Waals surface area contributed by atoms with Crippen LogP contribution >= 0.6 is 0 Å². The van der Waals surface area contributed by atoms with E-state index >= 15 is 0 Å². The SMILES string of the molecule is CCOCCn1ccnc1[C@@H](O)c1ccc(F)cc1. The van der Waals surface area contributed by atoms with Crippen LogP contribution < -0.4 is 0 Å². The fraction of sp³-hybridized carbons (Fsp3) is 0.357. The van der Waals surface area contributed by atoms with Crippen molar-refractivity contribution in [3.8, 4) is 0 Å². The lowest BCUT2D eigenvalue weighted by Gasteiger charge is -2.13. The van der Waals surface area contributed by atoms with Crippen molar-refractivity contribution in [2.75, 3.05) is 13.2 Å². The van der Waals surface area contributed by atoms with Crippen molar-refractivity contribution in [2.24, 2.45) is 0 Å². The first-order chi connectivity index (χ1) is 9.22. The molecule has 0 radical (unpaired) electrons. The third-order valence-corrected chi connectivity index (χ3v) is 2.86. The van der Waals surface area contributed by atoms with Gasteiger partial charge in [-0.05, 0) is 24.6 Å². The molecule has 0 aliphatic carbocycles. The van der Waals surface area contributed by atoms with Crippen molar-refractivity contribution < 1.29 is 14.2 Å². The van der Waals surface area contributed by atoms with Gasteiger partial charge in [0, 0.05) is 25.5 Å². The molecule has 19 heavy (non-hydrogen) atoms. The van der Waals surface area contributed by atoms with E-state index in [1.807, 2.05) is 11.5 Å². The first-order valence-electron chi connectivity index (χ1n) is 6.24. The molecule has 0 bridgehead atoms. The van der Waals surface area contributed by atoms with Gasteiger partial charge in [-0.15, -0.1) is 0 Å². The van der Waals surface area contributed by atoms with E-state index in [-0.39, 0.29) is 5.82 Å². The third-order valence-electron chi connectivity index (χ3n) is 2.86. The number of nitrogens with zero attached hydrogens (tertiary/aromatic N) is 2. The van der Waals surface area contributed by atoms with Crippen LogP contribution in [0.15, 0.2) is 36.7 Å². The minimum atomic E-state index is -0.864. The van der Waals surface area contributed by atoms with E-state index in [1.165, 1.54) is 12.1 Å². The van der Waals surface area contributed by atoms with Crippen LogP contribution in [0.3, 0.4) is 0 Å². The Morgan fingerprint density at radius 2 is 2.11 bits per heavy atom. The highest BCUT2D eigenvalue weighted by atomic mass is 19.1. The quantitative estimate of drug-likeness (QED) is 0.813. The molecule has 1 aromatic carbocycles. The van der Waals surface area contributed by atoms with Gasteiger partial charge in [-0.3, -0.25) is 0 Å². The lowest BCUT2D eigenvalue weighted by molar-refractivity contribution is 0.134. The first-order valence-corrected chi connectivity index (χ1v) is 6.24. The molecule has 0 unspecified atom stereocenters. The molecule has 1 N–H and O–H groups in total. The van der Waals surface area contributed by atoms with Crippen molar-refractivity contribution in [1.29, 1.82) is 0 Å². The predicted octanol–water partition coefficient (Wildman–Crippen LogP) is 2.14. The highest BCUT2D eigenvalue weighted by Crippen LogP contribution is 2.20. The Morgan fingerprint density at radius 1 is 1.37 bits per heavy atom. The number of hydrogen-bond donors (Lipinski definition) is 1. The molecule has 1 aromatic heterocycles. The second-order valence-corrected chi connectivity index (χ2v) is 4.13. The molecule has 0 fully saturated rings. The molecule has 4 nitrogen and oxygen atoms in total. The van der Waals surface area contributed by atoms with Gasteiger partial charge in [0.1, 0.15) is 17.7 Å². The summed E-state index contributed by atoms with van der Waals surface area (Å²) in [6, 6.07) is 5.77. The normalized spacial score (nSPS) is 12.6. The summed E-state index contributed by atoms with van der Waals surface area (Å²) >= 11 is 0. The Bertz CT molecular complexity index is 510. The first kappa shape index (κ1) is 13.7. The lowest BCUT2D eigenvalue weighted by Crippen LogP contribution is -2.13. The van der Waals surface area contributed by atoms with Gasteiger partial charge in [-0.25, -0.2) is 9.37 Å². The number of aliphatic hydroxyl groups is 1. The molecule has 2 rings (SSSR count). The predicted molar refractivity (Wildman–Crippen MR) is 69.2 cm³/mol. The average Bonchev–Trinajstić information content (AvgIpc) is 2.87. The van der Waals surface area contributed by atoms with E-state index in [0.29, 0.717) is 31.1 Å². The van der Waals surface area contributed by atoms with E-state index < -0.39 is 6.10 Å². The summed E-state index contributed by atoms with van der Waals surface area (Å²) < 4.78 is 20.0. The average molecular weight is 264 g/mol. The van der Waals surface area contributed by atoms with Crippen molar-refractivity contribution in [1.82, 2.24) is 9.55 Å². The summed E-state index contributed by atoms with van der Waals surface area (Å²) in [5.74, 6) is 0.210. The monoisotopic (exact) mass is 264 g/mol. The van der Waals surface area contributed by atoms with Gasteiger partial charge in [0.05, 0.1) is 6.61 Å². The maximum atomic E-state index is 12.9. The Kier molecular flexibility index (Phi) is 4.65. The van der Waals surface area contributed by atoms with Crippen LogP contribution in [0.1, 0.15) is 24.4 Å². The van der Waals surface area contributed by atoms with Crippen LogP contribution in [-0.4, -0.2) is 27.9 Å². The lowest BCUT2D eigenvalue weighted by atomic mass is 10.1. The second-order valence-electron chi connectivity index (χ2n) is 4.13. The summed E-state index contributed by atoms with van der Waals surface area (Å²) in [5.41, 5.74) is 0.616. The zero-order chi connectivity index (χ0) is 13.7. The van der Waals surface area contributed by atoms with Crippen LogP contribution in [0.5, 0.6) is 0 Å². The molecule has 0 amide bonds. The molecule has 0 saturated heterocycles. The van der Waals surface area contributed by atoms with Gasteiger partial charge < -0.3 is 14.4 Å². The largest absolute Gasteiger partial charge is 0.380 e. The van der Waals surface area contributed by atoms with Crippen LogP contribution in [0.4, 0.5) is 4.39 Å². The van der Waals surface area contributed by atoms with E-state index in [0.717, 1.165) is 0 Å². The standard InChI is InChI=1S/C14H17FN2O2/c1-2-19-10-9-17-8-7-16-14(17)13(18)11-3-5-12(15)6-4-11/h3-8,13,18H,2,9-10H2,1H3/t13-/m0/s1. The minimum absolute atomic E-state index is 0.323. The van der Waals surface area contributed by atoms with Crippen molar-refractivity contribution in [3.05, 3.63) is 53.9 Å². The molecule has 0 spiro atoms. The van der Waals surface area contributed by atoms with Crippen molar-refractivity contribution in [2.45, 2.75) is 19.6 Å². The van der Waals surface area contributed by atoms with E-state index in [1.54, 1.807) is 24.5 Å². The number of imidazole rings is 1. The van der Waals surface area contributed by atoms with Crippen molar-refractivity contribution >= 4 is 0 Å². The van der Waals surface area contributed by atoms with Crippen LogP contribution in [0.2, 0.25) is 0 Å². The zero-order valence-corrected chi connectivity index (χ0v) is 10.8. The molecular formula is C14H17FN2O2. The van der Waals surface area contributed by atoms with E-state index in [2.05, 4.69) is 4.98 Å². The molecule has 5 heteroatoms. The fourth-order valence-corrected chi connectivity index (χ4v) is 1.86. The Balaban J connectivity index is 2.12. The number of aliphatic hydroxyl groups excluding tert-OH is 1. The topological polar surface area (TPSA) is 47.3 Å². The molecular weight excluding hydrogens is 247 g/mol. The van der Waals surface area contributed by atoms with Crippen LogP contribution in [0.25, 0.3) is 0 Å². The molecule has 0 saturated carbocycles. The highest BCUT2D eigenvalue weighted by molar-refractivity contribution is 5.23. The number of hydrogen-bond acceptors (Lipinski definition) is 3. The van der Waals surface area contributed by atoms with Gasteiger partial charge in [0.2, 0.25) is 0 Å². The minimum Gasteiger partial charge on any atom is -0.380 e. The molecule has 0 aliphatic rings. The summed E-state index contributed by atoms with van der Waals surface area (Å²) in [7, 11) is 0. The van der Waals surface area contributed by atoms with Crippen molar-refractivity contribution in [3.63, 3.8) is 0 Å². The molecule has 1 heterocycles. The highest BCUT2D eigenvalue weighted by Gasteiger charge is 2.16. The molecule has 1 atom stereocenters. The second kappa shape index (κ2) is 6.45. The van der Waals surface area contributed by atoms with Gasteiger partial charge in [0.15, 0.2) is 0 Å². The summed E-state index contributed by atoms with van der Waals surface area (Å²) in [5, 5.41) is 10.3. The smallest absolute Gasteiger partial charge is 0.142 e. The number of benzene rings is 1. The Morgan fingerprint density at radius 3 is 2.79 bits per heavy atom. The summed E-state index contributed by atoms with van der Waals surface area (Å²) in [6.07, 6.45) is 2.56. The zero-order valence-electron chi connectivity index (χ0n) is 10.8. The summed E-state index contributed by atoms with van der Waals surface area (Å²) in [6.45, 7) is 3.78. The maximum absolute atomic E-state index is 12.9. The Labute approximate surface area is 111 Å². The van der Waals surface area contributed by atoms with Gasteiger partial charge in [-0.2, -0.15) is 0 Å². The number of ether oxygens (including phenoxy) is 1. The Hall–Kier alpha value is -1.72. The fourth-order valence-electron chi connectivity index (χ4n) is 1.86. The van der Waals surface area contributed by atoms with E-state index in [9.17, 15) is 9.50 Å². The number of halogens is 1. The van der Waals surface area contributed by atoms with E-state index in [4.69, 9.17) is 4.74 Å². The van der Waals surface area contributed by atoms with Gasteiger partial charge in [0.25, 0.3) is 0 Å².